The van der Waals surface area contributed by atoms with E-state index >= 15 is 0 Å². The highest BCUT2D eigenvalue weighted by atomic mass is 16.5. The third-order valence-electron chi connectivity index (χ3n) is 5.64. The van der Waals surface area contributed by atoms with Crippen LogP contribution < -0.4 is 10.1 Å². The van der Waals surface area contributed by atoms with Crippen LogP contribution in [-0.4, -0.2) is 39.6 Å². The number of nitrogens with zero attached hydrogens (tertiary/aromatic N) is 4. The van der Waals surface area contributed by atoms with Gasteiger partial charge in [-0.15, -0.1) is 0 Å². The first-order chi connectivity index (χ1) is 16.2. The maximum Gasteiger partial charge on any atom is 0.256 e. The van der Waals surface area contributed by atoms with Crippen LogP contribution in [0.4, 0.5) is 5.82 Å². The summed E-state index contributed by atoms with van der Waals surface area (Å²) in [6, 6.07) is 14.3. The third kappa shape index (κ3) is 4.63. The Morgan fingerprint density at radius 2 is 2.09 bits per heavy atom. The molecule has 1 aliphatic rings. The van der Waals surface area contributed by atoms with E-state index in [9.17, 15) is 4.79 Å². The van der Waals surface area contributed by atoms with Gasteiger partial charge >= 0.3 is 0 Å². The highest BCUT2D eigenvalue weighted by Crippen LogP contribution is 2.33. The van der Waals surface area contributed by atoms with Gasteiger partial charge in [0.25, 0.3) is 5.91 Å². The molecule has 0 spiro atoms. The van der Waals surface area contributed by atoms with Gasteiger partial charge in [-0.1, -0.05) is 5.16 Å². The second kappa shape index (κ2) is 9.25. The Balaban J connectivity index is 1.24. The minimum absolute atomic E-state index is 0.0624. The van der Waals surface area contributed by atoms with Crippen molar-refractivity contribution in [3.8, 4) is 17.1 Å². The summed E-state index contributed by atoms with van der Waals surface area (Å²) < 4.78 is 16.2. The zero-order valence-electron chi connectivity index (χ0n) is 18.1. The molecule has 9 nitrogen and oxygen atoms in total. The zero-order chi connectivity index (χ0) is 22.6. The van der Waals surface area contributed by atoms with Crippen molar-refractivity contribution in [3.05, 3.63) is 78.2 Å². The molecule has 1 saturated heterocycles. The molecule has 9 heteroatoms. The Labute approximate surface area is 190 Å². The van der Waals surface area contributed by atoms with Crippen molar-refractivity contribution < 1.29 is 18.5 Å². The smallest absolute Gasteiger partial charge is 0.256 e. The van der Waals surface area contributed by atoms with Crippen molar-refractivity contribution in [2.45, 2.75) is 25.4 Å². The summed E-state index contributed by atoms with van der Waals surface area (Å²) in [7, 11) is 1.58. The zero-order valence-corrected chi connectivity index (χ0v) is 18.1. The monoisotopic (exact) mass is 445 g/mol. The maximum absolute atomic E-state index is 12.4. The third-order valence-corrected chi connectivity index (χ3v) is 5.64. The number of rotatable bonds is 7. The fourth-order valence-corrected chi connectivity index (χ4v) is 3.92. The average molecular weight is 445 g/mol. The van der Waals surface area contributed by atoms with Gasteiger partial charge in [0.15, 0.2) is 0 Å². The van der Waals surface area contributed by atoms with Crippen LogP contribution >= 0.6 is 0 Å². The van der Waals surface area contributed by atoms with Gasteiger partial charge < -0.3 is 19.0 Å². The summed E-state index contributed by atoms with van der Waals surface area (Å²) in [6.07, 6.45) is 5.32. The molecular formula is C24H23N5O4. The lowest BCUT2D eigenvalue weighted by molar-refractivity contribution is 0.102. The van der Waals surface area contributed by atoms with Crippen molar-refractivity contribution in [2.75, 3.05) is 19.0 Å². The lowest BCUT2D eigenvalue weighted by atomic mass is 10.2. The van der Waals surface area contributed by atoms with E-state index in [1.54, 1.807) is 56.0 Å². The van der Waals surface area contributed by atoms with E-state index in [1.807, 2.05) is 12.1 Å². The number of pyridine rings is 1. The molecule has 0 saturated carbocycles. The van der Waals surface area contributed by atoms with Gasteiger partial charge in [0.1, 0.15) is 17.3 Å². The molecule has 1 atom stereocenters. The first-order valence-corrected chi connectivity index (χ1v) is 10.7. The number of carbonyl (C=O) groups is 1. The molecule has 4 heterocycles. The largest absolute Gasteiger partial charge is 0.497 e. The number of carbonyl (C=O) groups excluding carboxylic acids is 1. The minimum Gasteiger partial charge on any atom is -0.497 e. The van der Waals surface area contributed by atoms with Gasteiger partial charge in [0, 0.05) is 17.3 Å². The maximum atomic E-state index is 12.4. The predicted molar refractivity (Wildman–Crippen MR) is 120 cm³/mol. The summed E-state index contributed by atoms with van der Waals surface area (Å²) in [5, 5.41) is 6.92. The number of likely N-dealkylation sites (tertiary alicyclic amines) is 1. The Kier molecular flexibility index (Phi) is 5.86. The van der Waals surface area contributed by atoms with Gasteiger partial charge in [0.05, 0.1) is 26.0 Å². The van der Waals surface area contributed by atoms with Gasteiger partial charge in [0.2, 0.25) is 11.7 Å². The standard InChI is InChI=1S/C24H23N5O4/c1-31-18-9-6-16(7-10-18)23(30)26-21-11-8-17(14-25-21)22-27-24(33-28-22)20-5-2-12-29(20)15-19-4-3-13-32-19/h3-4,6-11,13-14,20H,2,5,12,15H2,1H3,(H,25,26,30)/t20-/m0/s1. The summed E-state index contributed by atoms with van der Waals surface area (Å²) in [6.45, 7) is 1.66. The van der Waals surface area contributed by atoms with E-state index in [-0.39, 0.29) is 11.9 Å². The molecule has 33 heavy (non-hydrogen) atoms. The van der Waals surface area contributed by atoms with E-state index in [4.69, 9.17) is 13.7 Å². The number of hydrogen-bond donors (Lipinski definition) is 1. The van der Waals surface area contributed by atoms with Crippen LogP contribution in [0, 0.1) is 0 Å². The number of furan rings is 1. The van der Waals surface area contributed by atoms with Crippen LogP contribution in [0.3, 0.4) is 0 Å². The van der Waals surface area contributed by atoms with Crippen LogP contribution in [0.1, 0.15) is 40.9 Å². The van der Waals surface area contributed by atoms with Crippen molar-refractivity contribution >= 4 is 11.7 Å². The first kappa shape index (κ1) is 20.9. The normalized spacial score (nSPS) is 16.1. The van der Waals surface area contributed by atoms with Crippen LogP contribution in [0.2, 0.25) is 0 Å². The highest BCUT2D eigenvalue weighted by Gasteiger charge is 2.31. The van der Waals surface area contributed by atoms with Gasteiger partial charge in [-0.3, -0.25) is 9.69 Å². The van der Waals surface area contributed by atoms with Crippen molar-refractivity contribution in [1.82, 2.24) is 20.0 Å². The first-order valence-electron chi connectivity index (χ1n) is 10.7. The Morgan fingerprint density at radius 1 is 1.21 bits per heavy atom. The summed E-state index contributed by atoms with van der Waals surface area (Å²) in [5.74, 6) is 2.84. The number of hydrogen-bond acceptors (Lipinski definition) is 8. The molecule has 1 amide bonds. The number of ether oxygens (including phenoxy) is 1. The average Bonchev–Trinajstić information content (AvgIpc) is 3.62. The number of benzene rings is 1. The topological polar surface area (TPSA) is 107 Å². The van der Waals surface area contributed by atoms with E-state index in [0.717, 1.165) is 25.1 Å². The van der Waals surface area contributed by atoms with Gasteiger partial charge in [-0.05, 0) is 67.9 Å². The number of methoxy groups -OCH3 is 1. The molecule has 168 valence electrons. The molecule has 0 radical (unpaired) electrons. The second-order valence-corrected chi connectivity index (χ2v) is 7.78. The fraction of sp³-hybridized carbons (Fsp3) is 0.250. The fourth-order valence-electron chi connectivity index (χ4n) is 3.92. The van der Waals surface area contributed by atoms with Crippen LogP contribution in [0.25, 0.3) is 11.4 Å². The molecule has 1 aromatic carbocycles. The van der Waals surface area contributed by atoms with E-state index in [0.29, 0.717) is 41.0 Å². The molecule has 1 N–H and O–H groups in total. The van der Waals surface area contributed by atoms with E-state index < -0.39 is 0 Å². The Bertz CT molecular complexity index is 1200. The summed E-state index contributed by atoms with van der Waals surface area (Å²) >= 11 is 0. The number of anilines is 1. The van der Waals surface area contributed by atoms with Gasteiger partial charge in [-0.2, -0.15) is 4.98 Å². The molecule has 4 aromatic rings. The molecule has 0 bridgehead atoms. The molecule has 1 aliphatic heterocycles. The van der Waals surface area contributed by atoms with Crippen LogP contribution in [0.15, 0.2) is 69.9 Å². The highest BCUT2D eigenvalue weighted by molar-refractivity contribution is 6.03. The van der Waals surface area contributed by atoms with Crippen molar-refractivity contribution in [1.29, 1.82) is 0 Å². The molecular weight excluding hydrogens is 422 g/mol. The number of nitrogens with one attached hydrogen (secondary N) is 1. The molecule has 0 unspecified atom stereocenters. The minimum atomic E-state index is -0.252. The van der Waals surface area contributed by atoms with Crippen molar-refractivity contribution in [2.24, 2.45) is 0 Å². The Morgan fingerprint density at radius 3 is 2.82 bits per heavy atom. The SMILES string of the molecule is COc1ccc(C(=O)Nc2ccc(-c3noc([C@@H]4CCCN4Cc4ccco4)n3)cn2)cc1. The van der Waals surface area contributed by atoms with Crippen LogP contribution in [0.5, 0.6) is 5.75 Å². The quantitative estimate of drug-likeness (QED) is 0.448. The summed E-state index contributed by atoms with van der Waals surface area (Å²) in [4.78, 5) is 23.6. The molecule has 3 aromatic heterocycles. The van der Waals surface area contributed by atoms with Crippen LogP contribution in [-0.2, 0) is 6.54 Å². The Hall–Kier alpha value is -3.98. The number of amides is 1. The van der Waals surface area contributed by atoms with E-state index in [1.165, 1.54) is 0 Å². The molecule has 0 aliphatic carbocycles. The second-order valence-electron chi connectivity index (χ2n) is 7.78. The molecule has 1 fully saturated rings. The van der Waals surface area contributed by atoms with Crippen molar-refractivity contribution in [3.63, 3.8) is 0 Å². The van der Waals surface area contributed by atoms with E-state index in [2.05, 4.69) is 25.3 Å². The lowest BCUT2D eigenvalue weighted by Gasteiger charge is -2.19. The predicted octanol–water partition coefficient (Wildman–Crippen LogP) is 4.32. The number of aromatic nitrogens is 3. The summed E-state index contributed by atoms with van der Waals surface area (Å²) in [5.41, 5.74) is 1.23. The lowest BCUT2D eigenvalue weighted by Crippen LogP contribution is -2.22. The molecule has 5 rings (SSSR count). The van der Waals surface area contributed by atoms with Gasteiger partial charge in [-0.25, -0.2) is 4.98 Å².